The van der Waals surface area contributed by atoms with Gasteiger partial charge in [-0.2, -0.15) is 0 Å². The second-order valence-electron chi connectivity index (χ2n) is 6.61. The number of pyridine rings is 1. The summed E-state index contributed by atoms with van der Waals surface area (Å²) >= 11 is 0. The number of nitrogens with one attached hydrogen (secondary N) is 1. The van der Waals surface area contributed by atoms with Gasteiger partial charge in [0, 0.05) is 19.3 Å². The molecule has 23 heavy (non-hydrogen) atoms. The molecule has 0 unspecified atom stereocenters. The average Bonchev–Trinajstić information content (AvgIpc) is 2.52. The van der Waals surface area contributed by atoms with Crippen LogP contribution in [0, 0.1) is 11.8 Å². The third-order valence-corrected chi connectivity index (χ3v) is 4.34. The van der Waals surface area contributed by atoms with Crippen molar-refractivity contribution in [2.45, 2.75) is 39.7 Å². The van der Waals surface area contributed by atoms with E-state index in [9.17, 15) is 9.59 Å². The minimum absolute atomic E-state index is 0.181. The number of carboxylic acid groups (broad SMARTS) is 1. The van der Waals surface area contributed by atoms with Crippen molar-refractivity contribution in [3.8, 4) is 0 Å². The highest BCUT2D eigenvalue weighted by Gasteiger charge is 2.24. The topological polar surface area (TPSA) is 82.5 Å². The Balaban J connectivity index is 2.01. The quantitative estimate of drug-likeness (QED) is 0.869. The lowest BCUT2D eigenvalue weighted by Gasteiger charge is -2.31. The Kier molecular flexibility index (Phi) is 5.58. The highest BCUT2D eigenvalue weighted by atomic mass is 16.4. The molecule has 6 nitrogen and oxygen atoms in total. The van der Waals surface area contributed by atoms with Crippen molar-refractivity contribution >= 4 is 17.7 Å². The van der Waals surface area contributed by atoms with Crippen molar-refractivity contribution in [2.75, 3.05) is 18.0 Å². The molecule has 1 aliphatic heterocycles. The van der Waals surface area contributed by atoms with E-state index in [2.05, 4.69) is 22.1 Å². The van der Waals surface area contributed by atoms with Crippen molar-refractivity contribution < 1.29 is 14.7 Å². The van der Waals surface area contributed by atoms with Crippen LogP contribution >= 0.6 is 0 Å². The summed E-state index contributed by atoms with van der Waals surface area (Å²) < 4.78 is 0. The molecule has 2 heterocycles. The van der Waals surface area contributed by atoms with Crippen molar-refractivity contribution in [1.29, 1.82) is 0 Å². The minimum atomic E-state index is -1.03. The molecule has 0 aromatic carbocycles. The Morgan fingerprint density at radius 3 is 2.43 bits per heavy atom. The number of hydrogen-bond acceptors (Lipinski definition) is 4. The van der Waals surface area contributed by atoms with Crippen molar-refractivity contribution in [3.63, 3.8) is 0 Å². The first-order valence-corrected chi connectivity index (χ1v) is 8.13. The summed E-state index contributed by atoms with van der Waals surface area (Å²) in [5, 5.41) is 11.7. The second-order valence-corrected chi connectivity index (χ2v) is 6.61. The highest BCUT2D eigenvalue weighted by Crippen LogP contribution is 2.21. The maximum atomic E-state index is 12.2. The number of nitrogens with zero attached hydrogens (tertiary/aromatic N) is 2. The number of piperidine rings is 1. The molecule has 2 N–H and O–H groups in total. The monoisotopic (exact) mass is 319 g/mol. The fraction of sp³-hybridized carbons (Fsp3) is 0.588. The molecule has 1 saturated heterocycles. The molecule has 1 atom stereocenters. The van der Waals surface area contributed by atoms with Gasteiger partial charge in [0.2, 0.25) is 0 Å². The Labute approximate surface area is 136 Å². The zero-order valence-electron chi connectivity index (χ0n) is 14.0. The number of carbonyl (C=O) groups excluding carboxylic acids is 1. The first-order chi connectivity index (χ1) is 10.9. The standard InChI is InChI=1S/C17H25N3O3/c1-11(2)15(17(22)23)19-16(21)13-4-5-14(18-10-13)20-8-6-12(3)7-9-20/h4-5,10-12,15H,6-9H2,1-3H3,(H,19,21)(H,22,23)/t15-/m1/s1. The van der Waals surface area contributed by atoms with Crippen LogP contribution in [0.1, 0.15) is 44.0 Å². The first-order valence-electron chi connectivity index (χ1n) is 8.13. The summed E-state index contributed by atoms with van der Waals surface area (Å²) in [7, 11) is 0. The Morgan fingerprint density at radius 2 is 1.96 bits per heavy atom. The molecule has 2 rings (SSSR count). The lowest BCUT2D eigenvalue weighted by molar-refractivity contribution is -0.140. The van der Waals surface area contributed by atoms with Crippen LogP contribution in [0.25, 0.3) is 0 Å². The molecule has 0 saturated carbocycles. The van der Waals surface area contributed by atoms with E-state index in [4.69, 9.17) is 5.11 Å². The number of rotatable bonds is 5. The summed E-state index contributed by atoms with van der Waals surface area (Å²) in [6.07, 6.45) is 3.82. The van der Waals surface area contributed by atoms with Crippen LogP contribution in [-0.2, 0) is 4.79 Å². The van der Waals surface area contributed by atoms with Gasteiger partial charge < -0.3 is 15.3 Å². The molecule has 1 fully saturated rings. The molecule has 1 aromatic rings. The predicted octanol–water partition coefficient (Wildman–Crippen LogP) is 2.16. The number of carbonyl (C=O) groups is 2. The number of amides is 1. The summed E-state index contributed by atoms with van der Waals surface area (Å²) in [4.78, 5) is 29.9. The molecule has 6 heteroatoms. The lowest BCUT2D eigenvalue weighted by Crippen LogP contribution is -2.44. The maximum Gasteiger partial charge on any atom is 0.326 e. The SMILES string of the molecule is CC1CCN(c2ccc(C(=O)N[C@@H](C(=O)O)C(C)C)cn2)CC1. The van der Waals surface area contributed by atoms with Crippen molar-refractivity contribution in [2.24, 2.45) is 11.8 Å². The normalized spacial score (nSPS) is 17.1. The third-order valence-electron chi connectivity index (χ3n) is 4.34. The van der Waals surface area contributed by atoms with Gasteiger partial charge in [-0.15, -0.1) is 0 Å². The average molecular weight is 319 g/mol. The second kappa shape index (κ2) is 7.44. The summed E-state index contributed by atoms with van der Waals surface area (Å²) in [5.74, 6) is 0.00388. The van der Waals surface area contributed by atoms with Gasteiger partial charge in [-0.1, -0.05) is 20.8 Å². The zero-order chi connectivity index (χ0) is 17.0. The Morgan fingerprint density at radius 1 is 1.30 bits per heavy atom. The van der Waals surface area contributed by atoms with E-state index in [0.717, 1.165) is 37.7 Å². The fourth-order valence-corrected chi connectivity index (χ4v) is 2.68. The molecule has 0 bridgehead atoms. The van der Waals surface area contributed by atoms with Crippen LogP contribution in [0.5, 0.6) is 0 Å². The molecule has 0 aliphatic carbocycles. The van der Waals surface area contributed by atoms with Crippen molar-refractivity contribution in [1.82, 2.24) is 10.3 Å². The minimum Gasteiger partial charge on any atom is -0.480 e. The molecular formula is C17H25N3O3. The van der Waals surface area contributed by atoms with E-state index < -0.39 is 17.9 Å². The van der Waals surface area contributed by atoms with Gasteiger partial charge in [0.1, 0.15) is 11.9 Å². The smallest absolute Gasteiger partial charge is 0.326 e. The summed E-state index contributed by atoms with van der Waals surface area (Å²) in [6, 6.07) is 2.64. The van der Waals surface area contributed by atoms with Crippen LogP contribution in [0.15, 0.2) is 18.3 Å². The predicted molar refractivity (Wildman–Crippen MR) is 88.6 cm³/mol. The number of aliphatic carboxylic acids is 1. The van der Waals surface area contributed by atoms with E-state index in [0.29, 0.717) is 5.56 Å². The van der Waals surface area contributed by atoms with Gasteiger partial charge in [-0.3, -0.25) is 4.79 Å². The molecular weight excluding hydrogens is 294 g/mol. The number of aromatic nitrogens is 1. The van der Waals surface area contributed by atoms with Crippen LogP contribution in [0.3, 0.4) is 0 Å². The van der Waals surface area contributed by atoms with Gasteiger partial charge in [-0.25, -0.2) is 9.78 Å². The van der Waals surface area contributed by atoms with Crippen LogP contribution in [0.4, 0.5) is 5.82 Å². The van der Waals surface area contributed by atoms with Crippen LogP contribution < -0.4 is 10.2 Å². The summed E-state index contributed by atoms with van der Waals surface area (Å²) in [6.45, 7) is 7.74. The van der Waals surface area contributed by atoms with E-state index in [1.165, 1.54) is 6.20 Å². The fourth-order valence-electron chi connectivity index (χ4n) is 2.68. The Bertz CT molecular complexity index is 549. The maximum absolute atomic E-state index is 12.2. The molecule has 0 spiro atoms. The van der Waals surface area contributed by atoms with Gasteiger partial charge in [0.15, 0.2) is 0 Å². The first kappa shape index (κ1) is 17.2. The van der Waals surface area contributed by atoms with E-state index >= 15 is 0 Å². The molecule has 1 aliphatic rings. The molecule has 1 aromatic heterocycles. The van der Waals surface area contributed by atoms with Gasteiger partial charge in [0.25, 0.3) is 5.91 Å². The van der Waals surface area contributed by atoms with Gasteiger partial charge >= 0.3 is 5.97 Å². The van der Waals surface area contributed by atoms with Crippen molar-refractivity contribution in [3.05, 3.63) is 23.9 Å². The van der Waals surface area contributed by atoms with E-state index in [-0.39, 0.29) is 5.92 Å². The zero-order valence-corrected chi connectivity index (χ0v) is 14.0. The third kappa shape index (κ3) is 4.43. The van der Waals surface area contributed by atoms with E-state index in [1.54, 1.807) is 19.9 Å². The Hall–Kier alpha value is -2.11. The number of carboxylic acids is 1. The van der Waals surface area contributed by atoms with Gasteiger partial charge in [0.05, 0.1) is 5.56 Å². The highest BCUT2D eigenvalue weighted by molar-refractivity contribution is 5.96. The molecule has 1 amide bonds. The van der Waals surface area contributed by atoms with Crippen LogP contribution in [-0.4, -0.2) is 41.1 Å². The molecule has 0 radical (unpaired) electrons. The number of anilines is 1. The van der Waals surface area contributed by atoms with Crippen LogP contribution in [0.2, 0.25) is 0 Å². The lowest BCUT2D eigenvalue weighted by atomic mass is 9.99. The summed E-state index contributed by atoms with van der Waals surface area (Å²) in [5.41, 5.74) is 0.381. The number of hydrogen-bond donors (Lipinski definition) is 2. The molecule has 126 valence electrons. The largest absolute Gasteiger partial charge is 0.480 e. The van der Waals surface area contributed by atoms with E-state index in [1.807, 2.05) is 6.07 Å². The van der Waals surface area contributed by atoms with Gasteiger partial charge in [-0.05, 0) is 36.8 Å².